The van der Waals surface area contributed by atoms with Crippen molar-refractivity contribution in [2.75, 3.05) is 10.2 Å². The van der Waals surface area contributed by atoms with E-state index in [1.807, 2.05) is 11.3 Å². The molecule has 8 aromatic carbocycles. The maximum absolute atomic E-state index is 3.66. The standard InChI is InChI=1S/C42H28N2S/c1-2-14-32(15-3-1)44(33-16-10-13-30(26-33)43-31-22-21-28-11-4-5-12-29(28)25-31)34-23-24-36-35-17-6-7-18-37(35)41-38-19-8-9-20-40(38)45-42(41)39(36)27-34/h1-27,43H. The lowest BCUT2D eigenvalue weighted by Crippen LogP contribution is -2.10. The van der Waals surface area contributed by atoms with Gasteiger partial charge < -0.3 is 10.2 Å². The van der Waals surface area contributed by atoms with Crippen LogP contribution in [0.15, 0.2) is 164 Å². The number of fused-ring (bicyclic) bond motifs is 9. The molecule has 0 spiro atoms. The Hall–Kier alpha value is -5.64. The predicted molar refractivity (Wildman–Crippen MR) is 196 cm³/mol. The summed E-state index contributed by atoms with van der Waals surface area (Å²) in [6.45, 7) is 0. The van der Waals surface area contributed by atoms with Crippen LogP contribution in [-0.4, -0.2) is 0 Å². The lowest BCUT2D eigenvalue weighted by Gasteiger charge is -2.26. The second-order valence-corrected chi connectivity index (χ2v) is 12.5. The highest BCUT2D eigenvalue weighted by atomic mass is 32.1. The van der Waals surface area contributed by atoms with Crippen LogP contribution in [0.3, 0.4) is 0 Å². The average molecular weight is 593 g/mol. The zero-order valence-electron chi connectivity index (χ0n) is 24.4. The van der Waals surface area contributed by atoms with Crippen molar-refractivity contribution in [1.29, 1.82) is 0 Å². The zero-order chi connectivity index (χ0) is 29.7. The summed E-state index contributed by atoms with van der Waals surface area (Å²) >= 11 is 1.89. The summed E-state index contributed by atoms with van der Waals surface area (Å²) in [6.07, 6.45) is 0. The number of hydrogen-bond donors (Lipinski definition) is 1. The molecular weight excluding hydrogens is 565 g/mol. The molecule has 0 saturated heterocycles. The van der Waals surface area contributed by atoms with E-state index >= 15 is 0 Å². The van der Waals surface area contributed by atoms with Gasteiger partial charge in [0.15, 0.2) is 0 Å². The van der Waals surface area contributed by atoms with Crippen LogP contribution in [-0.2, 0) is 0 Å². The number of hydrogen-bond acceptors (Lipinski definition) is 3. The first-order chi connectivity index (χ1) is 22.3. The van der Waals surface area contributed by atoms with E-state index in [0.29, 0.717) is 0 Å². The normalized spacial score (nSPS) is 11.6. The molecule has 0 unspecified atom stereocenters. The van der Waals surface area contributed by atoms with Crippen LogP contribution in [0.1, 0.15) is 0 Å². The van der Waals surface area contributed by atoms with Crippen molar-refractivity contribution >= 4 is 92.3 Å². The lowest BCUT2D eigenvalue weighted by molar-refractivity contribution is 1.29. The average Bonchev–Trinajstić information content (AvgIpc) is 3.49. The molecule has 0 aliphatic rings. The van der Waals surface area contributed by atoms with E-state index in [9.17, 15) is 0 Å². The zero-order valence-corrected chi connectivity index (χ0v) is 25.3. The Bertz CT molecular complexity index is 2530. The van der Waals surface area contributed by atoms with Gasteiger partial charge in [0.1, 0.15) is 0 Å². The van der Waals surface area contributed by atoms with Crippen LogP contribution in [0.2, 0.25) is 0 Å². The third-order valence-electron chi connectivity index (χ3n) is 8.74. The fourth-order valence-electron chi connectivity index (χ4n) is 6.71. The minimum absolute atomic E-state index is 1.04. The van der Waals surface area contributed by atoms with E-state index < -0.39 is 0 Å². The number of rotatable bonds is 5. The van der Waals surface area contributed by atoms with Gasteiger partial charge in [-0.2, -0.15) is 0 Å². The molecule has 3 heteroatoms. The highest BCUT2D eigenvalue weighted by molar-refractivity contribution is 7.27. The summed E-state index contributed by atoms with van der Waals surface area (Å²) in [5, 5.41) is 14.0. The maximum atomic E-state index is 3.66. The van der Waals surface area contributed by atoms with Gasteiger partial charge in [0.05, 0.1) is 0 Å². The molecule has 0 amide bonds. The fraction of sp³-hybridized carbons (Fsp3) is 0. The van der Waals surface area contributed by atoms with Crippen molar-refractivity contribution in [3.8, 4) is 0 Å². The van der Waals surface area contributed by atoms with Gasteiger partial charge in [-0.25, -0.2) is 0 Å². The van der Waals surface area contributed by atoms with Crippen LogP contribution in [0.25, 0.3) is 52.5 Å². The van der Waals surface area contributed by atoms with Gasteiger partial charge in [0.2, 0.25) is 0 Å². The molecule has 1 heterocycles. The second-order valence-electron chi connectivity index (χ2n) is 11.5. The Morgan fingerprint density at radius 2 is 1.07 bits per heavy atom. The third-order valence-corrected chi connectivity index (χ3v) is 9.95. The molecule has 0 saturated carbocycles. The monoisotopic (exact) mass is 592 g/mol. The van der Waals surface area contributed by atoms with Crippen LogP contribution >= 0.6 is 11.3 Å². The van der Waals surface area contributed by atoms with Crippen molar-refractivity contribution < 1.29 is 0 Å². The molecule has 45 heavy (non-hydrogen) atoms. The van der Waals surface area contributed by atoms with Crippen LogP contribution in [0.5, 0.6) is 0 Å². The molecule has 0 bridgehead atoms. The van der Waals surface area contributed by atoms with Gasteiger partial charge in [0.25, 0.3) is 0 Å². The summed E-state index contributed by atoms with van der Waals surface area (Å²) in [5.41, 5.74) is 5.46. The Kier molecular flexibility index (Phi) is 6.03. The smallest absolute Gasteiger partial charge is 0.0482 e. The van der Waals surface area contributed by atoms with E-state index in [1.54, 1.807) is 0 Å². The Labute approximate surface area is 265 Å². The molecule has 9 rings (SSSR count). The van der Waals surface area contributed by atoms with Gasteiger partial charge in [-0.15, -0.1) is 11.3 Å². The van der Waals surface area contributed by atoms with Crippen molar-refractivity contribution in [2.24, 2.45) is 0 Å². The van der Waals surface area contributed by atoms with E-state index in [4.69, 9.17) is 0 Å². The van der Waals surface area contributed by atoms with E-state index in [0.717, 1.165) is 28.4 Å². The molecule has 0 aliphatic heterocycles. The largest absolute Gasteiger partial charge is 0.355 e. The van der Waals surface area contributed by atoms with Crippen molar-refractivity contribution in [3.63, 3.8) is 0 Å². The van der Waals surface area contributed by atoms with E-state index in [2.05, 4.69) is 174 Å². The van der Waals surface area contributed by atoms with Crippen LogP contribution < -0.4 is 10.2 Å². The first kappa shape index (κ1) is 25.8. The van der Waals surface area contributed by atoms with Crippen molar-refractivity contribution in [3.05, 3.63) is 164 Å². The van der Waals surface area contributed by atoms with E-state index in [-0.39, 0.29) is 0 Å². The molecule has 0 atom stereocenters. The summed E-state index contributed by atoms with van der Waals surface area (Å²) in [4.78, 5) is 2.36. The van der Waals surface area contributed by atoms with Gasteiger partial charge in [-0.05, 0) is 87.6 Å². The first-order valence-electron chi connectivity index (χ1n) is 15.3. The topological polar surface area (TPSA) is 15.3 Å². The molecule has 0 fully saturated rings. The minimum atomic E-state index is 1.04. The summed E-state index contributed by atoms with van der Waals surface area (Å²) < 4.78 is 2.66. The summed E-state index contributed by atoms with van der Waals surface area (Å²) in [6, 6.07) is 59.0. The quantitative estimate of drug-likeness (QED) is 0.200. The van der Waals surface area contributed by atoms with Crippen LogP contribution in [0.4, 0.5) is 28.4 Å². The number of thiophene rings is 1. The van der Waals surface area contributed by atoms with Gasteiger partial charge in [-0.3, -0.25) is 0 Å². The molecule has 2 nitrogen and oxygen atoms in total. The van der Waals surface area contributed by atoms with Gasteiger partial charge in [0, 0.05) is 54.0 Å². The number of para-hydroxylation sites is 1. The first-order valence-corrected chi connectivity index (χ1v) is 16.1. The predicted octanol–water partition coefficient (Wildman–Crippen LogP) is 12.7. The van der Waals surface area contributed by atoms with Crippen LogP contribution in [0, 0.1) is 0 Å². The number of anilines is 5. The van der Waals surface area contributed by atoms with Gasteiger partial charge in [-0.1, -0.05) is 103 Å². The molecule has 1 aromatic heterocycles. The number of nitrogens with zero attached hydrogens (tertiary/aromatic N) is 1. The highest BCUT2D eigenvalue weighted by Crippen LogP contribution is 2.46. The minimum Gasteiger partial charge on any atom is -0.355 e. The number of nitrogens with one attached hydrogen (secondary N) is 1. The van der Waals surface area contributed by atoms with Crippen molar-refractivity contribution in [2.45, 2.75) is 0 Å². The Morgan fingerprint density at radius 1 is 0.400 bits per heavy atom. The van der Waals surface area contributed by atoms with Gasteiger partial charge >= 0.3 is 0 Å². The molecule has 0 aliphatic carbocycles. The summed E-state index contributed by atoms with van der Waals surface area (Å²) in [7, 11) is 0. The fourth-order valence-corrected chi connectivity index (χ4v) is 7.96. The van der Waals surface area contributed by atoms with Crippen molar-refractivity contribution in [1.82, 2.24) is 0 Å². The highest BCUT2D eigenvalue weighted by Gasteiger charge is 2.18. The molecule has 9 aromatic rings. The lowest BCUT2D eigenvalue weighted by atomic mass is 9.96. The maximum Gasteiger partial charge on any atom is 0.0482 e. The van der Waals surface area contributed by atoms with E-state index in [1.165, 1.54) is 52.5 Å². The Balaban J connectivity index is 1.22. The second kappa shape index (κ2) is 10.5. The number of benzene rings is 8. The SMILES string of the molecule is c1ccc(N(c2cccc(Nc3ccc4ccccc4c3)c2)c2ccc3c4ccccc4c4c5ccccc5sc4c3c2)cc1. The third kappa shape index (κ3) is 4.40. The summed E-state index contributed by atoms with van der Waals surface area (Å²) in [5.74, 6) is 0. The molecule has 212 valence electrons. The molecule has 0 radical (unpaired) electrons. The molecular formula is C42H28N2S. The molecule has 1 N–H and O–H groups in total. The Morgan fingerprint density at radius 3 is 1.96 bits per heavy atom.